The third kappa shape index (κ3) is 5.70. The van der Waals surface area contributed by atoms with Crippen molar-refractivity contribution in [3.8, 4) is 5.75 Å². The molecule has 2 N–H and O–H groups in total. The van der Waals surface area contributed by atoms with Gasteiger partial charge in [0.05, 0.1) is 5.69 Å². The number of hydrogen-bond acceptors (Lipinski definition) is 4. The first kappa shape index (κ1) is 15.4. The number of aryl methyl sites for hydroxylation is 1. The molecule has 1 rings (SSSR count). The first-order valence-electron chi connectivity index (χ1n) is 6.74. The fraction of sp³-hybridized carbons (Fsp3) is 0.571. The number of likely N-dealkylation sites (N-methyl/N-ethyl adjacent to an activating group) is 1. The van der Waals surface area contributed by atoms with E-state index in [0.29, 0.717) is 18.8 Å². The molecule has 0 aliphatic rings. The van der Waals surface area contributed by atoms with E-state index in [1.807, 2.05) is 26.0 Å². The van der Waals surface area contributed by atoms with Crippen LogP contribution < -0.4 is 15.4 Å². The fourth-order valence-corrected chi connectivity index (χ4v) is 1.63. The predicted molar refractivity (Wildman–Crippen MR) is 75.2 cm³/mol. The van der Waals surface area contributed by atoms with E-state index in [4.69, 9.17) is 4.74 Å². The summed E-state index contributed by atoms with van der Waals surface area (Å²) in [7, 11) is 0. The first-order chi connectivity index (χ1) is 9.17. The molecule has 1 aromatic heterocycles. The number of rotatable bonds is 8. The third-order valence-corrected chi connectivity index (χ3v) is 2.52. The van der Waals surface area contributed by atoms with Crippen LogP contribution in [0.2, 0.25) is 0 Å². The van der Waals surface area contributed by atoms with Crippen molar-refractivity contribution in [2.24, 2.45) is 0 Å². The van der Waals surface area contributed by atoms with Crippen molar-refractivity contribution in [3.63, 3.8) is 0 Å². The molecule has 19 heavy (non-hydrogen) atoms. The van der Waals surface area contributed by atoms with Crippen LogP contribution in [0.3, 0.4) is 0 Å². The second kappa shape index (κ2) is 8.48. The number of nitrogens with zero attached hydrogens (tertiary/aromatic N) is 1. The van der Waals surface area contributed by atoms with E-state index in [-0.39, 0.29) is 12.5 Å². The maximum Gasteiger partial charge on any atom is 0.257 e. The lowest BCUT2D eigenvalue weighted by Gasteiger charge is -2.12. The SMILES string of the molecule is CCCNCc1nc(C)ccc1OCC(=O)NCC. The summed E-state index contributed by atoms with van der Waals surface area (Å²) in [6.07, 6.45) is 1.07. The number of amides is 1. The van der Waals surface area contributed by atoms with E-state index in [9.17, 15) is 4.79 Å². The Morgan fingerprint density at radius 3 is 2.84 bits per heavy atom. The van der Waals surface area contributed by atoms with Crippen LogP contribution in [-0.2, 0) is 11.3 Å². The normalized spacial score (nSPS) is 10.3. The molecule has 0 saturated heterocycles. The number of ether oxygens (including phenoxy) is 1. The summed E-state index contributed by atoms with van der Waals surface area (Å²) in [5.74, 6) is 0.552. The summed E-state index contributed by atoms with van der Waals surface area (Å²) in [5.41, 5.74) is 1.79. The molecule has 0 fully saturated rings. The molecule has 0 aliphatic heterocycles. The predicted octanol–water partition coefficient (Wildman–Crippen LogP) is 1.40. The largest absolute Gasteiger partial charge is 0.482 e. The molecule has 0 unspecified atom stereocenters. The van der Waals surface area contributed by atoms with Crippen molar-refractivity contribution in [3.05, 3.63) is 23.5 Å². The molecule has 1 aromatic rings. The highest BCUT2D eigenvalue weighted by Gasteiger charge is 2.08. The molecule has 0 aliphatic carbocycles. The topological polar surface area (TPSA) is 63.3 Å². The monoisotopic (exact) mass is 265 g/mol. The minimum absolute atomic E-state index is 0.0271. The van der Waals surface area contributed by atoms with Gasteiger partial charge >= 0.3 is 0 Å². The van der Waals surface area contributed by atoms with Crippen LogP contribution in [0.25, 0.3) is 0 Å². The van der Waals surface area contributed by atoms with Crippen LogP contribution in [0.5, 0.6) is 5.75 Å². The Kier molecular flexibility index (Phi) is 6.89. The molecular formula is C14H23N3O2. The van der Waals surface area contributed by atoms with Gasteiger partial charge in [-0.2, -0.15) is 0 Å². The summed E-state index contributed by atoms with van der Waals surface area (Å²) in [5, 5.41) is 5.99. The zero-order valence-electron chi connectivity index (χ0n) is 12.0. The average molecular weight is 265 g/mol. The van der Waals surface area contributed by atoms with Crippen molar-refractivity contribution < 1.29 is 9.53 Å². The van der Waals surface area contributed by atoms with E-state index in [0.717, 1.165) is 24.4 Å². The summed E-state index contributed by atoms with van der Waals surface area (Å²) in [6.45, 7) is 8.16. The Bertz CT molecular complexity index is 408. The molecule has 0 saturated carbocycles. The van der Waals surface area contributed by atoms with Gasteiger partial charge in [0.25, 0.3) is 5.91 Å². The molecule has 1 heterocycles. The summed E-state index contributed by atoms with van der Waals surface area (Å²) >= 11 is 0. The lowest BCUT2D eigenvalue weighted by molar-refractivity contribution is -0.123. The van der Waals surface area contributed by atoms with Gasteiger partial charge in [0.15, 0.2) is 6.61 Å². The number of carbonyl (C=O) groups excluding carboxylic acids is 1. The lowest BCUT2D eigenvalue weighted by atomic mass is 10.2. The fourth-order valence-electron chi connectivity index (χ4n) is 1.63. The van der Waals surface area contributed by atoms with E-state index in [2.05, 4.69) is 22.5 Å². The van der Waals surface area contributed by atoms with Crippen LogP contribution in [0.4, 0.5) is 0 Å². The highest BCUT2D eigenvalue weighted by molar-refractivity contribution is 5.77. The highest BCUT2D eigenvalue weighted by atomic mass is 16.5. The second-order valence-electron chi connectivity index (χ2n) is 4.32. The quantitative estimate of drug-likeness (QED) is 0.698. The molecule has 5 heteroatoms. The number of aromatic nitrogens is 1. The minimum atomic E-state index is -0.115. The smallest absolute Gasteiger partial charge is 0.257 e. The maximum absolute atomic E-state index is 11.4. The van der Waals surface area contributed by atoms with E-state index < -0.39 is 0 Å². The number of nitrogens with one attached hydrogen (secondary N) is 2. The molecule has 0 radical (unpaired) electrons. The van der Waals surface area contributed by atoms with Gasteiger partial charge in [0, 0.05) is 18.8 Å². The summed E-state index contributed by atoms with van der Waals surface area (Å²) in [4.78, 5) is 15.8. The van der Waals surface area contributed by atoms with E-state index in [1.54, 1.807) is 0 Å². The van der Waals surface area contributed by atoms with Crippen molar-refractivity contribution in [1.82, 2.24) is 15.6 Å². The highest BCUT2D eigenvalue weighted by Crippen LogP contribution is 2.16. The van der Waals surface area contributed by atoms with Crippen LogP contribution in [-0.4, -0.2) is 30.6 Å². The van der Waals surface area contributed by atoms with Crippen molar-refractivity contribution in [2.45, 2.75) is 33.7 Å². The van der Waals surface area contributed by atoms with Crippen LogP contribution >= 0.6 is 0 Å². The molecule has 0 aromatic carbocycles. The molecule has 0 spiro atoms. The Labute approximate surface area is 114 Å². The standard InChI is InChI=1S/C14H23N3O2/c1-4-8-15-9-12-13(7-6-11(3)17-12)19-10-14(18)16-5-2/h6-7,15H,4-5,8-10H2,1-3H3,(H,16,18). The van der Waals surface area contributed by atoms with Gasteiger partial charge in [0.1, 0.15) is 5.75 Å². The van der Waals surface area contributed by atoms with Gasteiger partial charge in [0.2, 0.25) is 0 Å². The summed E-state index contributed by atoms with van der Waals surface area (Å²) < 4.78 is 5.52. The van der Waals surface area contributed by atoms with Crippen molar-refractivity contribution in [1.29, 1.82) is 0 Å². The van der Waals surface area contributed by atoms with Gasteiger partial charge in [-0.25, -0.2) is 0 Å². The molecule has 106 valence electrons. The second-order valence-corrected chi connectivity index (χ2v) is 4.32. The molecule has 0 bridgehead atoms. The van der Waals surface area contributed by atoms with Crippen LogP contribution in [0.15, 0.2) is 12.1 Å². The summed E-state index contributed by atoms with van der Waals surface area (Å²) in [6, 6.07) is 3.75. The van der Waals surface area contributed by atoms with Gasteiger partial charge in [-0.3, -0.25) is 9.78 Å². The van der Waals surface area contributed by atoms with Gasteiger partial charge < -0.3 is 15.4 Å². The Morgan fingerprint density at radius 2 is 2.16 bits per heavy atom. The minimum Gasteiger partial charge on any atom is -0.482 e. The Hall–Kier alpha value is -1.62. The maximum atomic E-state index is 11.4. The van der Waals surface area contributed by atoms with Crippen LogP contribution in [0.1, 0.15) is 31.7 Å². The van der Waals surface area contributed by atoms with Crippen LogP contribution in [0, 0.1) is 6.92 Å². The van der Waals surface area contributed by atoms with Gasteiger partial charge in [-0.15, -0.1) is 0 Å². The number of pyridine rings is 1. The molecule has 0 atom stereocenters. The van der Waals surface area contributed by atoms with E-state index >= 15 is 0 Å². The zero-order chi connectivity index (χ0) is 14.1. The first-order valence-corrected chi connectivity index (χ1v) is 6.74. The van der Waals surface area contributed by atoms with Gasteiger partial charge in [-0.1, -0.05) is 6.92 Å². The molecular weight excluding hydrogens is 242 g/mol. The van der Waals surface area contributed by atoms with Crippen molar-refractivity contribution in [2.75, 3.05) is 19.7 Å². The molecule has 1 amide bonds. The van der Waals surface area contributed by atoms with Crippen molar-refractivity contribution >= 4 is 5.91 Å². The zero-order valence-corrected chi connectivity index (χ0v) is 12.0. The number of carbonyl (C=O) groups is 1. The third-order valence-electron chi connectivity index (χ3n) is 2.52. The Balaban J connectivity index is 2.62. The average Bonchev–Trinajstić information content (AvgIpc) is 2.38. The van der Waals surface area contributed by atoms with Gasteiger partial charge in [-0.05, 0) is 38.9 Å². The Morgan fingerprint density at radius 1 is 1.37 bits per heavy atom. The lowest BCUT2D eigenvalue weighted by Crippen LogP contribution is -2.28. The van der Waals surface area contributed by atoms with E-state index in [1.165, 1.54) is 0 Å². The molecule has 5 nitrogen and oxygen atoms in total. The number of hydrogen-bond donors (Lipinski definition) is 2.